The Labute approximate surface area is 154 Å². The van der Waals surface area contributed by atoms with Gasteiger partial charge < -0.3 is 5.11 Å². The molecule has 25 heavy (non-hydrogen) atoms. The van der Waals surface area contributed by atoms with E-state index in [0.717, 1.165) is 37.0 Å². The number of thioether (sulfide) groups is 1. The predicted molar refractivity (Wildman–Crippen MR) is 100 cm³/mol. The standard InChI is InChI=1S/C21H28O3S/c1-20-7-6-16-14(15(20)3-4-19(20)24)12-18(23)17-11-13(22)5-8-21(16,17)9-10-25-2/h6,11,14-15,18,23H,3-5,7-10,12H2,1-2H3/t14-,15-,18-,20-,21-/m0/s1. The summed E-state index contributed by atoms with van der Waals surface area (Å²) in [7, 11) is 0. The minimum absolute atomic E-state index is 0.147. The summed E-state index contributed by atoms with van der Waals surface area (Å²) in [5.74, 6) is 2.25. The van der Waals surface area contributed by atoms with E-state index in [0.29, 0.717) is 36.9 Å². The maximum atomic E-state index is 12.5. The Morgan fingerprint density at radius 1 is 1.28 bits per heavy atom. The second-order valence-corrected chi connectivity index (χ2v) is 9.58. The molecule has 0 aliphatic heterocycles. The lowest BCUT2D eigenvalue weighted by Gasteiger charge is -2.55. The zero-order chi connectivity index (χ0) is 17.8. The lowest BCUT2D eigenvalue weighted by molar-refractivity contribution is -0.127. The first-order valence-electron chi connectivity index (χ1n) is 9.58. The maximum Gasteiger partial charge on any atom is 0.155 e. The van der Waals surface area contributed by atoms with E-state index in [9.17, 15) is 14.7 Å². The van der Waals surface area contributed by atoms with E-state index in [1.54, 1.807) is 6.08 Å². The number of carbonyl (C=O) groups is 2. The molecule has 0 unspecified atom stereocenters. The minimum atomic E-state index is -0.536. The lowest BCUT2D eigenvalue weighted by Crippen LogP contribution is -2.49. The van der Waals surface area contributed by atoms with Gasteiger partial charge in [0.1, 0.15) is 5.78 Å². The highest BCUT2D eigenvalue weighted by Crippen LogP contribution is 2.63. The van der Waals surface area contributed by atoms with Gasteiger partial charge in [0.2, 0.25) is 0 Å². The molecular formula is C21H28O3S. The monoisotopic (exact) mass is 360 g/mol. The molecule has 0 heterocycles. The summed E-state index contributed by atoms with van der Waals surface area (Å²) in [6.45, 7) is 2.14. The van der Waals surface area contributed by atoms with Gasteiger partial charge in [0.05, 0.1) is 6.10 Å². The van der Waals surface area contributed by atoms with E-state index in [2.05, 4.69) is 19.3 Å². The topological polar surface area (TPSA) is 54.4 Å². The molecule has 4 heteroatoms. The molecular weight excluding hydrogens is 332 g/mol. The van der Waals surface area contributed by atoms with Gasteiger partial charge in [-0.15, -0.1) is 0 Å². The Balaban J connectivity index is 1.81. The Hall–Kier alpha value is -0.870. The summed E-state index contributed by atoms with van der Waals surface area (Å²) < 4.78 is 0. The predicted octanol–water partition coefficient (Wildman–Crippen LogP) is 3.71. The molecule has 0 aromatic rings. The number of fused-ring (bicyclic) bond motifs is 5. The Bertz CT molecular complexity index is 679. The van der Waals surface area contributed by atoms with Crippen LogP contribution in [0.1, 0.15) is 51.9 Å². The molecule has 4 rings (SSSR count). The van der Waals surface area contributed by atoms with Gasteiger partial charge in [-0.05, 0) is 67.6 Å². The summed E-state index contributed by atoms with van der Waals surface area (Å²) in [5.41, 5.74) is 2.03. The van der Waals surface area contributed by atoms with Crippen LogP contribution in [0.15, 0.2) is 23.3 Å². The lowest BCUT2D eigenvalue weighted by atomic mass is 9.50. The number of hydrogen-bond acceptors (Lipinski definition) is 4. The first-order valence-corrected chi connectivity index (χ1v) is 11.0. The second-order valence-electron chi connectivity index (χ2n) is 8.60. The van der Waals surface area contributed by atoms with Crippen LogP contribution in [0.2, 0.25) is 0 Å². The van der Waals surface area contributed by atoms with Crippen molar-refractivity contribution in [1.82, 2.24) is 0 Å². The third-order valence-electron chi connectivity index (χ3n) is 7.56. The number of allylic oxidation sites excluding steroid dienone is 3. The van der Waals surface area contributed by atoms with Crippen LogP contribution in [0.25, 0.3) is 0 Å². The summed E-state index contributed by atoms with van der Waals surface area (Å²) in [4.78, 5) is 24.6. The van der Waals surface area contributed by atoms with Gasteiger partial charge >= 0.3 is 0 Å². The molecule has 0 radical (unpaired) electrons. The summed E-state index contributed by atoms with van der Waals surface area (Å²) >= 11 is 1.83. The molecule has 136 valence electrons. The molecule has 0 bridgehead atoms. The average molecular weight is 361 g/mol. The van der Waals surface area contributed by atoms with Crippen LogP contribution < -0.4 is 0 Å². The smallest absolute Gasteiger partial charge is 0.155 e. The van der Waals surface area contributed by atoms with Crippen molar-refractivity contribution in [2.45, 2.75) is 58.0 Å². The highest BCUT2D eigenvalue weighted by molar-refractivity contribution is 7.98. The van der Waals surface area contributed by atoms with Crippen molar-refractivity contribution in [2.24, 2.45) is 22.7 Å². The van der Waals surface area contributed by atoms with Gasteiger partial charge in [-0.25, -0.2) is 0 Å². The van der Waals surface area contributed by atoms with Crippen LogP contribution >= 0.6 is 11.8 Å². The Morgan fingerprint density at radius 3 is 2.84 bits per heavy atom. The van der Waals surface area contributed by atoms with Crippen molar-refractivity contribution in [1.29, 1.82) is 0 Å². The average Bonchev–Trinajstić information content (AvgIpc) is 2.90. The number of Topliss-reactive ketones (excluding diaryl/α,β-unsaturated/α-hetero) is 1. The number of ketones is 2. The van der Waals surface area contributed by atoms with Gasteiger partial charge in [-0.1, -0.05) is 18.6 Å². The van der Waals surface area contributed by atoms with Crippen LogP contribution in [-0.2, 0) is 9.59 Å². The molecule has 0 saturated heterocycles. The highest BCUT2D eigenvalue weighted by Gasteiger charge is 2.58. The maximum absolute atomic E-state index is 12.5. The fraction of sp³-hybridized carbons (Fsp3) is 0.714. The largest absolute Gasteiger partial charge is 0.389 e. The van der Waals surface area contributed by atoms with Crippen molar-refractivity contribution in [3.8, 4) is 0 Å². The van der Waals surface area contributed by atoms with Crippen LogP contribution in [0.5, 0.6) is 0 Å². The van der Waals surface area contributed by atoms with Crippen LogP contribution in [-0.4, -0.2) is 34.8 Å². The van der Waals surface area contributed by atoms with Crippen LogP contribution in [0.4, 0.5) is 0 Å². The molecule has 0 spiro atoms. The molecule has 4 aliphatic carbocycles. The van der Waals surface area contributed by atoms with Crippen molar-refractivity contribution in [3.05, 3.63) is 23.3 Å². The Morgan fingerprint density at radius 2 is 2.08 bits per heavy atom. The number of rotatable bonds is 3. The minimum Gasteiger partial charge on any atom is -0.389 e. The molecule has 3 nitrogen and oxygen atoms in total. The quantitative estimate of drug-likeness (QED) is 0.780. The van der Waals surface area contributed by atoms with Gasteiger partial charge in [-0.2, -0.15) is 11.8 Å². The normalized spacial score (nSPS) is 43.1. The third kappa shape index (κ3) is 2.43. The van der Waals surface area contributed by atoms with E-state index in [1.165, 1.54) is 5.57 Å². The van der Waals surface area contributed by atoms with Crippen LogP contribution in [0, 0.1) is 22.7 Å². The van der Waals surface area contributed by atoms with E-state index >= 15 is 0 Å². The molecule has 5 atom stereocenters. The molecule has 1 N–H and O–H groups in total. The first kappa shape index (κ1) is 17.5. The van der Waals surface area contributed by atoms with Crippen LogP contribution in [0.3, 0.4) is 0 Å². The number of carbonyl (C=O) groups excluding carboxylic acids is 2. The van der Waals surface area contributed by atoms with Crippen molar-refractivity contribution in [3.63, 3.8) is 0 Å². The molecule has 2 fully saturated rings. The summed E-state index contributed by atoms with van der Waals surface area (Å²) in [6, 6.07) is 0. The number of hydrogen-bond donors (Lipinski definition) is 1. The summed E-state index contributed by atoms with van der Waals surface area (Å²) in [6.07, 6.45) is 11.2. The molecule has 0 aromatic heterocycles. The van der Waals surface area contributed by atoms with E-state index < -0.39 is 6.10 Å². The highest BCUT2D eigenvalue weighted by atomic mass is 32.2. The Kier molecular flexibility index (Phi) is 4.27. The molecule has 0 aromatic carbocycles. The third-order valence-corrected chi connectivity index (χ3v) is 8.17. The van der Waals surface area contributed by atoms with E-state index in [4.69, 9.17) is 0 Å². The zero-order valence-corrected chi connectivity index (χ0v) is 16.0. The zero-order valence-electron chi connectivity index (χ0n) is 15.2. The SMILES string of the molecule is CSCC[C@]12CCC(=O)C=C1[C@@H](O)C[C@@H]1C2=CC[C@]2(C)C(=O)CC[C@@H]12. The van der Waals surface area contributed by atoms with E-state index in [1.807, 2.05) is 11.8 Å². The van der Waals surface area contributed by atoms with E-state index in [-0.39, 0.29) is 16.6 Å². The number of aliphatic hydroxyl groups excluding tert-OH is 1. The van der Waals surface area contributed by atoms with Crippen molar-refractivity contribution in [2.75, 3.05) is 12.0 Å². The van der Waals surface area contributed by atoms with Gasteiger partial charge in [0, 0.05) is 23.7 Å². The molecule has 2 saturated carbocycles. The summed E-state index contributed by atoms with van der Waals surface area (Å²) in [5, 5.41) is 11.0. The van der Waals surface area contributed by atoms with Gasteiger partial charge in [0.25, 0.3) is 0 Å². The van der Waals surface area contributed by atoms with Gasteiger partial charge in [-0.3, -0.25) is 9.59 Å². The fourth-order valence-corrected chi connectivity index (χ4v) is 6.74. The van der Waals surface area contributed by atoms with Gasteiger partial charge in [0.15, 0.2) is 5.78 Å². The number of aliphatic hydroxyl groups is 1. The van der Waals surface area contributed by atoms with Crippen molar-refractivity contribution < 1.29 is 14.7 Å². The van der Waals surface area contributed by atoms with Crippen molar-refractivity contribution >= 4 is 23.3 Å². The first-order chi connectivity index (χ1) is 11.9. The molecule has 0 amide bonds. The second kappa shape index (κ2) is 6.09. The fourth-order valence-electron chi connectivity index (χ4n) is 6.19. The molecule has 4 aliphatic rings.